The van der Waals surface area contributed by atoms with Gasteiger partial charge in [0.1, 0.15) is 0 Å². The largest absolute Gasteiger partial charge is 2.00 e. The molecule has 0 N–H and O–H groups in total. The molecule has 114 valence electrons. The van der Waals surface area contributed by atoms with Crippen molar-refractivity contribution in [2.24, 2.45) is 0 Å². The first-order chi connectivity index (χ1) is 9.81. The maximum absolute atomic E-state index is 5.80. The van der Waals surface area contributed by atoms with E-state index in [9.17, 15) is 0 Å². The van der Waals surface area contributed by atoms with Gasteiger partial charge in [0.2, 0.25) is 0 Å². The minimum Gasteiger partial charge on any atom is -0.382 e. The Kier molecular flexibility index (Phi) is 11.2. The van der Waals surface area contributed by atoms with Crippen molar-refractivity contribution in [3.8, 4) is 0 Å². The van der Waals surface area contributed by atoms with Crippen LogP contribution in [0.3, 0.4) is 0 Å². The van der Waals surface area contributed by atoms with E-state index in [-0.39, 0.29) is 29.5 Å². The molecule has 3 rings (SSSR count). The van der Waals surface area contributed by atoms with Gasteiger partial charge in [0, 0.05) is 7.11 Å². The molecule has 10 radical (unpaired) electrons. The molecular weight excluding hydrogens is 423 g/mol. The van der Waals surface area contributed by atoms with E-state index in [1.54, 1.807) is 7.11 Å². The van der Waals surface area contributed by atoms with Crippen LogP contribution in [0, 0.1) is 61.2 Å². The van der Waals surface area contributed by atoms with Crippen LogP contribution >= 0.6 is 22.6 Å². The zero-order chi connectivity index (χ0) is 14.2. The fourth-order valence-corrected chi connectivity index (χ4v) is 2.63. The first kappa shape index (κ1) is 20.2. The summed E-state index contributed by atoms with van der Waals surface area (Å²) in [6, 6.07) is 0. The smallest absolute Gasteiger partial charge is 0.382 e. The molecular formula is C16H19FeIO3+2. The van der Waals surface area contributed by atoms with Gasteiger partial charge in [-0.3, -0.25) is 0 Å². The van der Waals surface area contributed by atoms with Gasteiger partial charge in [-0.25, -0.2) is 0 Å². The van der Waals surface area contributed by atoms with E-state index in [0.717, 1.165) is 18.9 Å². The van der Waals surface area contributed by atoms with Gasteiger partial charge < -0.3 is 14.2 Å². The minimum absolute atomic E-state index is 0. The Bertz CT molecular complexity index is 254. The molecule has 0 amide bonds. The molecule has 2 saturated carbocycles. The summed E-state index contributed by atoms with van der Waals surface area (Å²) >= 11 is 2.30. The molecule has 0 spiro atoms. The molecule has 0 aromatic rings. The molecule has 2 atom stereocenters. The van der Waals surface area contributed by atoms with Crippen LogP contribution < -0.4 is 0 Å². The average Bonchev–Trinajstić information content (AvgIpc) is 3.13. The van der Waals surface area contributed by atoms with Crippen LogP contribution in [0.15, 0.2) is 0 Å². The van der Waals surface area contributed by atoms with Gasteiger partial charge in [-0.1, -0.05) is 22.6 Å². The third-order valence-corrected chi connectivity index (χ3v) is 3.96. The van der Waals surface area contributed by atoms with Crippen LogP contribution in [-0.2, 0) is 31.3 Å². The molecule has 5 heteroatoms. The third kappa shape index (κ3) is 7.04. The zero-order valence-corrected chi connectivity index (χ0v) is 15.1. The maximum atomic E-state index is 5.80. The number of rotatable bonds is 3. The van der Waals surface area contributed by atoms with Gasteiger partial charge in [0.25, 0.3) is 0 Å². The molecule has 1 aliphatic heterocycles. The van der Waals surface area contributed by atoms with E-state index < -0.39 is 0 Å². The number of methoxy groups -OCH3 is 1. The fourth-order valence-electron chi connectivity index (χ4n) is 1.98. The molecule has 1 saturated heterocycles. The second kappa shape index (κ2) is 11.6. The van der Waals surface area contributed by atoms with Crippen molar-refractivity contribution in [3.05, 3.63) is 61.2 Å². The standard InChI is InChI=1S/C11H14IO3.C5H5.Fe/c1-13-7-8-5-6-14-11(15-8)9-3-2-4-10(9)12;1-2-4-5-3-1;/h2-4,8,11H,5-7H2,1H3;1-5H;/q;;+2/t8-,11-;;/m0../s1. The van der Waals surface area contributed by atoms with Crippen molar-refractivity contribution in [1.82, 2.24) is 0 Å². The predicted octanol–water partition coefficient (Wildman–Crippen LogP) is 2.95. The van der Waals surface area contributed by atoms with E-state index in [4.69, 9.17) is 14.2 Å². The maximum Gasteiger partial charge on any atom is 2.00 e. The number of hydrogen-bond acceptors (Lipinski definition) is 3. The van der Waals surface area contributed by atoms with Crippen LogP contribution in [0.2, 0.25) is 0 Å². The van der Waals surface area contributed by atoms with Crippen molar-refractivity contribution in [3.63, 3.8) is 0 Å². The molecule has 3 aliphatic rings. The molecule has 3 nitrogen and oxygen atoms in total. The van der Waals surface area contributed by atoms with Crippen LogP contribution in [0.1, 0.15) is 6.42 Å². The van der Waals surface area contributed by atoms with E-state index in [1.165, 1.54) is 3.92 Å². The Morgan fingerprint density at radius 2 is 1.81 bits per heavy atom. The Morgan fingerprint density at radius 3 is 2.33 bits per heavy atom. The Balaban J connectivity index is 0.000000313. The van der Waals surface area contributed by atoms with Crippen molar-refractivity contribution in [1.29, 1.82) is 0 Å². The van der Waals surface area contributed by atoms with Crippen molar-refractivity contribution in [2.45, 2.75) is 18.8 Å². The van der Waals surface area contributed by atoms with Gasteiger partial charge in [-0.2, -0.15) is 0 Å². The van der Waals surface area contributed by atoms with E-state index >= 15 is 0 Å². The Hall–Kier alpha value is 1.13. The molecule has 0 aromatic carbocycles. The summed E-state index contributed by atoms with van der Waals surface area (Å²) in [6.07, 6.45) is 17.0. The monoisotopic (exact) mass is 442 g/mol. The molecule has 2 aliphatic carbocycles. The fraction of sp³-hybridized carbons (Fsp3) is 0.375. The van der Waals surface area contributed by atoms with Crippen LogP contribution in [0.4, 0.5) is 0 Å². The third-order valence-electron chi connectivity index (χ3n) is 2.98. The Morgan fingerprint density at radius 1 is 1.14 bits per heavy atom. The summed E-state index contributed by atoms with van der Waals surface area (Å²) in [5.41, 5.74) is 0. The van der Waals surface area contributed by atoms with Crippen LogP contribution in [-0.4, -0.2) is 32.7 Å². The first-order valence-electron chi connectivity index (χ1n) is 6.65. The van der Waals surface area contributed by atoms with Crippen molar-refractivity contribution >= 4 is 22.6 Å². The van der Waals surface area contributed by atoms with Crippen LogP contribution in [0.25, 0.3) is 0 Å². The molecule has 0 unspecified atom stereocenters. The normalized spacial score (nSPS) is 30.6. The number of halogens is 1. The quantitative estimate of drug-likeness (QED) is 0.497. The van der Waals surface area contributed by atoms with E-state index in [1.807, 2.05) is 44.9 Å². The van der Waals surface area contributed by atoms with E-state index in [0.29, 0.717) is 6.61 Å². The Labute approximate surface area is 153 Å². The first-order valence-corrected chi connectivity index (χ1v) is 7.73. The average molecular weight is 442 g/mol. The van der Waals surface area contributed by atoms with Gasteiger partial charge in [-0.15, -0.1) is 0 Å². The second-order valence-corrected chi connectivity index (χ2v) is 5.66. The van der Waals surface area contributed by atoms with Gasteiger partial charge >= 0.3 is 17.1 Å². The molecule has 3 fully saturated rings. The summed E-state index contributed by atoms with van der Waals surface area (Å²) in [5, 5.41) is 0. The number of ether oxygens (including phenoxy) is 3. The topological polar surface area (TPSA) is 27.7 Å². The van der Waals surface area contributed by atoms with Gasteiger partial charge in [0.05, 0.1) is 29.2 Å². The summed E-state index contributed by atoms with van der Waals surface area (Å²) < 4.78 is 17.7. The molecule has 21 heavy (non-hydrogen) atoms. The summed E-state index contributed by atoms with van der Waals surface area (Å²) in [5.74, 6) is 1.12. The zero-order valence-electron chi connectivity index (χ0n) is 11.9. The molecule has 0 bridgehead atoms. The van der Waals surface area contributed by atoms with E-state index in [2.05, 4.69) is 29.0 Å². The SMILES string of the molecule is COC[C@@H]1CCO[C@H]([C]2[CH][CH][CH][C]2I)O1.[CH]1[CH][CH][CH][CH]1.[Fe+2]. The molecule has 0 aromatic heterocycles. The second-order valence-electron chi connectivity index (χ2n) is 4.50. The minimum atomic E-state index is -0.221. The predicted molar refractivity (Wildman–Crippen MR) is 86.0 cm³/mol. The van der Waals surface area contributed by atoms with Gasteiger partial charge in [-0.05, 0) is 57.8 Å². The summed E-state index contributed by atoms with van der Waals surface area (Å²) in [4.78, 5) is 0. The van der Waals surface area contributed by atoms with Crippen molar-refractivity contribution < 1.29 is 31.3 Å². The summed E-state index contributed by atoms with van der Waals surface area (Å²) in [7, 11) is 1.69. The van der Waals surface area contributed by atoms with Crippen LogP contribution in [0.5, 0.6) is 0 Å². The summed E-state index contributed by atoms with van der Waals surface area (Å²) in [6.45, 7) is 1.37. The number of hydrogen-bond donors (Lipinski definition) is 0. The van der Waals surface area contributed by atoms with Gasteiger partial charge in [0.15, 0.2) is 6.29 Å². The molecule has 1 heterocycles. The van der Waals surface area contributed by atoms with Crippen molar-refractivity contribution in [2.75, 3.05) is 20.3 Å².